The minimum atomic E-state index is 0.706. The van der Waals surface area contributed by atoms with E-state index in [4.69, 9.17) is 4.42 Å². The molecule has 0 saturated heterocycles. The molecule has 0 bridgehead atoms. The van der Waals surface area contributed by atoms with E-state index in [1.165, 1.54) is 16.9 Å². The molecule has 114 valence electrons. The maximum atomic E-state index is 5.34. The number of aryl methyl sites for hydroxylation is 2. The second-order valence-corrected chi connectivity index (χ2v) is 6.28. The van der Waals surface area contributed by atoms with Crippen molar-refractivity contribution in [2.24, 2.45) is 0 Å². The number of rotatable bonds is 3. The first-order valence-electron chi connectivity index (χ1n) is 7.22. The highest BCUT2D eigenvalue weighted by atomic mass is 32.1. The van der Waals surface area contributed by atoms with Gasteiger partial charge in [0.05, 0.1) is 11.8 Å². The molecular formula is C17H14N4OS. The number of hydrogen-bond acceptors (Lipinski definition) is 5. The Bertz CT molecular complexity index is 991. The summed E-state index contributed by atoms with van der Waals surface area (Å²) in [5.41, 5.74) is 3.31. The molecule has 0 N–H and O–H groups in total. The lowest BCUT2D eigenvalue weighted by molar-refractivity contribution is 0.535. The van der Waals surface area contributed by atoms with Gasteiger partial charge in [-0.1, -0.05) is 47.2 Å². The number of aromatic nitrogens is 4. The molecule has 23 heavy (non-hydrogen) atoms. The summed E-state index contributed by atoms with van der Waals surface area (Å²) in [7, 11) is 0. The zero-order valence-corrected chi connectivity index (χ0v) is 13.5. The SMILES string of the molecule is Cc1ccc(/C=C/c2nn3c(-c4ccoc4C)nnc3s2)cc1. The van der Waals surface area contributed by atoms with E-state index in [2.05, 4.69) is 46.5 Å². The lowest BCUT2D eigenvalue weighted by atomic mass is 10.1. The number of nitrogens with zero attached hydrogens (tertiary/aromatic N) is 4. The molecule has 0 spiro atoms. The summed E-state index contributed by atoms with van der Waals surface area (Å²) in [5, 5.41) is 13.9. The third kappa shape index (κ3) is 2.57. The van der Waals surface area contributed by atoms with Crippen molar-refractivity contribution in [2.75, 3.05) is 0 Å². The van der Waals surface area contributed by atoms with Gasteiger partial charge in [0.25, 0.3) is 0 Å². The molecule has 0 fully saturated rings. The topological polar surface area (TPSA) is 56.2 Å². The van der Waals surface area contributed by atoms with Crippen LogP contribution in [0.25, 0.3) is 28.5 Å². The number of hydrogen-bond donors (Lipinski definition) is 0. The van der Waals surface area contributed by atoms with Crippen molar-refractivity contribution >= 4 is 28.4 Å². The average molecular weight is 322 g/mol. The second kappa shape index (κ2) is 5.48. The summed E-state index contributed by atoms with van der Waals surface area (Å²) < 4.78 is 7.10. The van der Waals surface area contributed by atoms with Crippen LogP contribution in [0.4, 0.5) is 0 Å². The van der Waals surface area contributed by atoms with Crippen LogP contribution in [0, 0.1) is 13.8 Å². The van der Waals surface area contributed by atoms with E-state index in [1.807, 2.05) is 25.1 Å². The Morgan fingerprint density at radius 2 is 1.87 bits per heavy atom. The quantitative estimate of drug-likeness (QED) is 0.566. The molecule has 0 aliphatic carbocycles. The van der Waals surface area contributed by atoms with Gasteiger partial charge in [0.15, 0.2) is 5.82 Å². The molecule has 1 aromatic carbocycles. The van der Waals surface area contributed by atoms with Crippen LogP contribution in [0.1, 0.15) is 21.9 Å². The first-order valence-corrected chi connectivity index (χ1v) is 8.04. The molecule has 0 aliphatic heterocycles. The van der Waals surface area contributed by atoms with E-state index in [0.717, 1.165) is 26.9 Å². The zero-order valence-electron chi connectivity index (χ0n) is 12.7. The molecule has 3 aromatic heterocycles. The van der Waals surface area contributed by atoms with Crippen LogP contribution in [-0.2, 0) is 0 Å². The van der Waals surface area contributed by atoms with E-state index in [1.54, 1.807) is 10.8 Å². The molecule has 0 atom stereocenters. The van der Waals surface area contributed by atoms with Gasteiger partial charge in [-0.3, -0.25) is 0 Å². The van der Waals surface area contributed by atoms with E-state index in [9.17, 15) is 0 Å². The molecule has 4 rings (SSSR count). The predicted molar refractivity (Wildman–Crippen MR) is 91.2 cm³/mol. The smallest absolute Gasteiger partial charge is 0.235 e. The summed E-state index contributed by atoms with van der Waals surface area (Å²) in [6.07, 6.45) is 5.69. The van der Waals surface area contributed by atoms with E-state index in [0.29, 0.717) is 5.82 Å². The third-order valence-electron chi connectivity index (χ3n) is 3.60. The summed E-state index contributed by atoms with van der Waals surface area (Å²) in [5.74, 6) is 1.52. The van der Waals surface area contributed by atoms with Gasteiger partial charge in [-0.2, -0.15) is 9.61 Å². The van der Waals surface area contributed by atoms with Crippen LogP contribution in [0.5, 0.6) is 0 Å². The van der Waals surface area contributed by atoms with Crippen molar-refractivity contribution in [1.82, 2.24) is 19.8 Å². The second-order valence-electron chi connectivity index (χ2n) is 5.29. The van der Waals surface area contributed by atoms with Crippen LogP contribution < -0.4 is 0 Å². The minimum absolute atomic E-state index is 0.706. The van der Waals surface area contributed by atoms with Gasteiger partial charge in [-0.15, -0.1) is 10.2 Å². The fraction of sp³-hybridized carbons (Fsp3) is 0.118. The highest BCUT2D eigenvalue weighted by molar-refractivity contribution is 7.17. The van der Waals surface area contributed by atoms with Crippen LogP contribution in [0.3, 0.4) is 0 Å². The molecule has 0 radical (unpaired) electrons. The standard InChI is InChI=1S/C17H14N4OS/c1-11-3-5-13(6-4-11)7-8-15-20-21-16(18-19-17(21)23-15)14-9-10-22-12(14)2/h3-10H,1-2H3/b8-7+. The molecule has 0 aliphatic rings. The number of benzene rings is 1. The molecule has 0 amide bonds. The molecule has 4 aromatic rings. The molecule has 0 saturated carbocycles. The van der Waals surface area contributed by atoms with Gasteiger partial charge < -0.3 is 4.42 Å². The Balaban J connectivity index is 1.68. The molecule has 6 heteroatoms. The fourth-order valence-electron chi connectivity index (χ4n) is 2.33. The summed E-state index contributed by atoms with van der Waals surface area (Å²) in [6.45, 7) is 3.98. The lowest BCUT2D eigenvalue weighted by Gasteiger charge is -1.94. The van der Waals surface area contributed by atoms with Crippen molar-refractivity contribution in [1.29, 1.82) is 0 Å². The highest BCUT2D eigenvalue weighted by Gasteiger charge is 2.15. The van der Waals surface area contributed by atoms with Crippen molar-refractivity contribution in [3.05, 3.63) is 58.5 Å². The largest absolute Gasteiger partial charge is 0.469 e. The van der Waals surface area contributed by atoms with Crippen LogP contribution in [-0.4, -0.2) is 19.8 Å². The van der Waals surface area contributed by atoms with Crippen molar-refractivity contribution in [2.45, 2.75) is 13.8 Å². The van der Waals surface area contributed by atoms with Gasteiger partial charge in [0.2, 0.25) is 4.96 Å². The van der Waals surface area contributed by atoms with E-state index < -0.39 is 0 Å². The molecular weight excluding hydrogens is 308 g/mol. The maximum absolute atomic E-state index is 5.34. The zero-order chi connectivity index (χ0) is 15.8. The maximum Gasteiger partial charge on any atom is 0.235 e. The number of furan rings is 1. The van der Waals surface area contributed by atoms with E-state index in [-0.39, 0.29) is 0 Å². The first-order chi connectivity index (χ1) is 11.2. The van der Waals surface area contributed by atoms with Crippen molar-refractivity contribution in [3.8, 4) is 11.4 Å². The molecule has 0 unspecified atom stereocenters. The normalized spacial score (nSPS) is 11.7. The Kier molecular flexibility index (Phi) is 3.31. The van der Waals surface area contributed by atoms with Crippen molar-refractivity contribution in [3.63, 3.8) is 0 Å². The van der Waals surface area contributed by atoms with Crippen LogP contribution in [0.15, 0.2) is 41.0 Å². The van der Waals surface area contributed by atoms with E-state index >= 15 is 0 Å². The van der Waals surface area contributed by atoms with Gasteiger partial charge in [-0.05, 0) is 31.6 Å². The lowest BCUT2D eigenvalue weighted by Crippen LogP contribution is -1.90. The van der Waals surface area contributed by atoms with Gasteiger partial charge in [-0.25, -0.2) is 0 Å². The predicted octanol–water partition coefficient (Wildman–Crippen LogP) is 4.23. The van der Waals surface area contributed by atoms with Gasteiger partial charge >= 0.3 is 0 Å². The average Bonchev–Trinajstić information content (AvgIpc) is 3.22. The molecule has 3 heterocycles. The molecule has 5 nitrogen and oxygen atoms in total. The Hall–Kier alpha value is -2.73. The fourth-order valence-corrected chi connectivity index (χ4v) is 3.07. The Morgan fingerprint density at radius 3 is 2.61 bits per heavy atom. The van der Waals surface area contributed by atoms with Gasteiger partial charge in [0, 0.05) is 0 Å². The number of fused-ring (bicyclic) bond motifs is 1. The van der Waals surface area contributed by atoms with Crippen LogP contribution >= 0.6 is 11.3 Å². The monoisotopic (exact) mass is 322 g/mol. The minimum Gasteiger partial charge on any atom is -0.469 e. The summed E-state index contributed by atoms with van der Waals surface area (Å²) in [4.78, 5) is 0.768. The highest BCUT2D eigenvalue weighted by Crippen LogP contribution is 2.25. The summed E-state index contributed by atoms with van der Waals surface area (Å²) >= 11 is 1.50. The summed E-state index contributed by atoms with van der Waals surface area (Å²) in [6, 6.07) is 10.3. The Morgan fingerprint density at radius 1 is 1.04 bits per heavy atom. The van der Waals surface area contributed by atoms with Crippen LogP contribution in [0.2, 0.25) is 0 Å². The third-order valence-corrected chi connectivity index (χ3v) is 4.47. The van der Waals surface area contributed by atoms with Gasteiger partial charge in [0.1, 0.15) is 10.8 Å². The first kappa shape index (κ1) is 13.9. The Labute approximate surface area is 136 Å². The van der Waals surface area contributed by atoms with Crippen molar-refractivity contribution < 1.29 is 4.42 Å².